The van der Waals surface area contributed by atoms with Crippen LogP contribution in [0.15, 0.2) is 62.7 Å². The summed E-state index contributed by atoms with van der Waals surface area (Å²) in [4.78, 5) is 28.7. The molecule has 7 nitrogen and oxygen atoms in total. The van der Waals surface area contributed by atoms with Gasteiger partial charge in [-0.25, -0.2) is 4.99 Å². The Morgan fingerprint density at radius 3 is 2.66 bits per heavy atom. The van der Waals surface area contributed by atoms with Crippen LogP contribution >= 0.6 is 23.4 Å². The van der Waals surface area contributed by atoms with Gasteiger partial charge in [0.25, 0.3) is 0 Å². The SMILES string of the molecule is CC1=NC(SCC(N)=O)=C(C#N)[C@H](c2ccco2)C1C(=O)Nc1ccc(Cl)cc1. The molecule has 2 amide bonds. The molecule has 1 aliphatic rings. The van der Waals surface area contributed by atoms with Crippen molar-refractivity contribution in [2.45, 2.75) is 12.8 Å². The van der Waals surface area contributed by atoms with E-state index in [2.05, 4.69) is 16.4 Å². The molecule has 0 radical (unpaired) electrons. The highest BCUT2D eigenvalue weighted by Gasteiger charge is 2.41. The zero-order chi connectivity index (χ0) is 21.0. The van der Waals surface area contributed by atoms with E-state index in [1.54, 1.807) is 43.3 Å². The van der Waals surface area contributed by atoms with Crippen molar-refractivity contribution in [3.05, 3.63) is 64.0 Å². The lowest BCUT2D eigenvalue weighted by atomic mass is 9.79. The molecule has 3 rings (SSSR count). The number of anilines is 1. The summed E-state index contributed by atoms with van der Waals surface area (Å²) >= 11 is 6.96. The number of benzene rings is 1. The number of primary amides is 1. The van der Waals surface area contributed by atoms with Crippen molar-refractivity contribution in [1.29, 1.82) is 5.26 Å². The molecule has 1 aromatic carbocycles. The number of amides is 2. The highest BCUT2D eigenvalue weighted by molar-refractivity contribution is 8.03. The lowest BCUT2D eigenvalue weighted by molar-refractivity contribution is -0.118. The summed E-state index contributed by atoms with van der Waals surface area (Å²) in [6.45, 7) is 1.71. The molecule has 0 spiro atoms. The number of nitrogens with one attached hydrogen (secondary N) is 1. The monoisotopic (exact) mass is 428 g/mol. The Morgan fingerprint density at radius 2 is 2.07 bits per heavy atom. The number of nitriles is 1. The summed E-state index contributed by atoms with van der Waals surface area (Å²) in [5.41, 5.74) is 6.56. The van der Waals surface area contributed by atoms with Crippen molar-refractivity contribution in [3.8, 4) is 6.07 Å². The van der Waals surface area contributed by atoms with E-state index in [1.807, 2.05) is 0 Å². The predicted molar refractivity (Wildman–Crippen MR) is 112 cm³/mol. The zero-order valence-electron chi connectivity index (χ0n) is 15.4. The normalized spacial score (nSPS) is 18.7. The summed E-state index contributed by atoms with van der Waals surface area (Å²) < 4.78 is 5.54. The number of aliphatic imine (C=N–C) groups is 1. The lowest BCUT2D eigenvalue weighted by Crippen LogP contribution is -2.36. The first-order valence-corrected chi connectivity index (χ1v) is 9.97. The minimum Gasteiger partial charge on any atom is -0.469 e. The Bertz CT molecular complexity index is 1020. The van der Waals surface area contributed by atoms with E-state index < -0.39 is 17.7 Å². The van der Waals surface area contributed by atoms with E-state index in [0.29, 0.717) is 27.2 Å². The molecule has 1 unspecified atom stereocenters. The number of thioether (sulfide) groups is 1. The molecule has 148 valence electrons. The molecule has 2 aromatic rings. The maximum atomic E-state index is 13.1. The maximum absolute atomic E-state index is 13.1. The minimum atomic E-state index is -0.760. The van der Waals surface area contributed by atoms with Gasteiger partial charge < -0.3 is 15.5 Å². The van der Waals surface area contributed by atoms with Crippen LogP contribution in [0.4, 0.5) is 5.69 Å². The van der Waals surface area contributed by atoms with Crippen LogP contribution in [0.25, 0.3) is 0 Å². The Balaban J connectivity index is 1.98. The van der Waals surface area contributed by atoms with Crippen LogP contribution in [0.1, 0.15) is 18.6 Å². The molecule has 1 aliphatic heterocycles. The van der Waals surface area contributed by atoms with Gasteiger partial charge in [-0.1, -0.05) is 23.4 Å². The van der Waals surface area contributed by atoms with Gasteiger partial charge in [-0.3, -0.25) is 9.59 Å². The Labute approximate surface area is 176 Å². The topological polar surface area (TPSA) is 121 Å². The number of furan rings is 1. The molecule has 0 aliphatic carbocycles. The van der Waals surface area contributed by atoms with Crippen LogP contribution < -0.4 is 11.1 Å². The highest BCUT2D eigenvalue weighted by atomic mass is 35.5. The lowest BCUT2D eigenvalue weighted by Gasteiger charge is -2.29. The first kappa shape index (κ1) is 20.7. The van der Waals surface area contributed by atoms with Gasteiger partial charge in [-0.05, 0) is 43.3 Å². The second-order valence-corrected chi connectivity index (χ2v) is 7.71. The van der Waals surface area contributed by atoms with E-state index in [4.69, 9.17) is 21.8 Å². The molecule has 0 bridgehead atoms. The summed E-state index contributed by atoms with van der Waals surface area (Å²) in [5.74, 6) is -1.85. The van der Waals surface area contributed by atoms with Gasteiger partial charge in [0.15, 0.2) is 0 Å². The fourth-order valence-corrected chi connectivity index (χ4v) is 4.01. The van der Waals surface area contributed by atoms with Gasteiger partial charge >= 0.3 is 0 Å². The first-order valence-electron chi connectivity index (χ1n) is 8.61. The molecule has 2 heterocycles. The van der Waals surface area contributed by atoms with Gasteiger partial charge in [-0.2, -0.15) is 5.26 Å². The van der Waals surface area contributed by atoms with Gasteiger partial charge in [0.1, 0.15) is 10.8 Å². The van der Waals surface area contributed by atoms with Gasteiger partial charge in [0.2, 0.25) is 11.8 Å². The van der Waals surface area contributed by atoms with Crippen LogP contribution in [-0.4, -0.2) is 23.3 Å². The van der Waals surface area contributed by atoms with Crippen molar-refractivity contribution in [2.75, 3.05) is 11.1 Å². The Hall–Kier alpha value is -3.02. The summed E-state index contributed by atoms with van der Waals surface area (Å²) in [6.07, 6.45) is 1.48. The van der Waals surface area contributed by atoms with E-state index in [0.717, 1.165) is 11.8 Å². The van der Waals surface area contributed by atoms with Gasteiger partial charge in [0.05, 0.1) is 35.5 Å². The fraction of sp³-hybridized carbons (Fsp3) is 0.200. The average Bonchev–Trinajstić information content (AvgIpc) is 3.21. The van der Waals surface area contributed by atoms with Gasteiger partial charge in [0, 0.05) is 16.4 Å². The van der Waals surface area contributed by atoms with Crippen molar-refractivity contribution in [3.63, 3.8) is 0 Å². The average molecular weight is 429 g/mol. The molecule has 9 heteroatoms. The molecular weight excluding hydrogens is 412 g/mol. The number of nitrogens with two attached hydrogens (primary N) is 1. The van der Waals surface area contributed by atoms with Crippen molar-refractivity contribution >= 4 is 46.6 Å². The molecule has 0 fully saturated rings. The zero-order valence-corrected chi connectivity index (χ0v) is 17.0. The van der Waals surface area contributed by atoms with Crippen molar-refractivity contribution in [2.24, 2.45) is 16.6 Å². The Morgan fingerprint density at radius 1 is 1.34 bits per heavy atom. The second kappa shape index (κ2) is 8.99. The second-order valence-electron chi connectivity index (χ2n) is 6.31. The van der Waals surface area contributed by atoms with Crippen molar-refractivity contribution < 1.29 is 14.0 Å². The third kappa shape index (κ3) is 4.70. The first-order chi connectivity index (χ1) is 13.9. The number of carbonyl (C=O) groups is 2. The molecular formula is C20H17ClN4O3S. The standard InChI is InChI=1S/C20H17ClN4O3S/c1-11-17(19(27)25-13-6-4-12(21)5-7-13)18(15-3-2-8-28-15)14(9-22)20(24-11)29-10-16(23)26/h2-8,17-18H,10H2,1H3,(H2,23,26)(H,25,27)/t17?,18-/m1/s1. The third-order valence-corrected chi connectivity index (χ3v) is 5.58. The molecule has 0 saturated heterocycles. The van der Waals surface area contributed by atoms with Crippen molar-refractivity contribution in [1.82, 2.24) is 0 Å². The van der Waals surface area contributed by atoms with Crippen LogP contribution in [0, 0.1) is 17.2 Å². The van der Waals surface area contributed by atoms with Crippen LogP contribution in [0.5, 0.6) is 0 Å². The van der Waals surface area contributed by atoms with E-state index in [1.165, 1.54) is 6.26 Å². The van der Waals surface area contributed by atoms with Gasteiger partial charge in [-0.15, -0.1) is 0 Å². The summed E-state index contributed by atoms with van der Waals surface area (Å²) in [6, 6.07) is 12.2. The molecule has 1 aromatic heterocycles. The van der Waals surface area contributed by atoms with E-state index >= 15 is 0 Å². The minimum absolute atomic E-state index is 0.0240. The smallest absolute Gasteiger partial charge is 0.234 e. The number of nitrogens with zero attached hydrogens (tertiary/aromatic N) is 2. The number of carbonyl (C=O) groups excluding carboxylic acids is 2. The molecule has 3 N–H and O–H groups in total. The number of rotatable bonds is 6. The predicted octanol–water partition coefficient (Wildman–Crippen LogP) is 3.70. The largest absolute Gasteiger partial charge is 0.469 e. The van der Waals surface area contributed by atoms with Crippen LogP contribution in [-0.2, 0) is 9.59 Å². The fourth-order valence-electron chi connectivity index (χ4n) is 3.07. The molecule has 29 heavy (non-hydrogen) atoms. The van der Waals surface area contributed by atoms with Crippen LogP contribution in [0.3, 0.4) is 0 Å². The van der Waals surface area contributed by atoms with Crippen LogP contribution in [0.2, 0.25) is 5.02 Å². The number of hydrogen-bond donors (Lipinski definition) is 2. The highest BCUT2D eigenvalue weighted by Crippen LogP contribution is 2.42. The third-order valence-electron chi connectivity index (χ3n) is 4.32. The summed E-state index contributed by atoms with van der Waals surface area (Å²) in [5, 5.41) is 13.6. The number of hydrogen-bond acceptors (Lipinski definition) is 6. The number of allylic oxidation sites excluding steroid dienone is 1. The number of halogens is 1. The molecule has 2 atom stereocenters. The Kier molecular flexibility index (Phi) is 6.42. The quantitative estimate of drug-likeness (QED) is 0.726. The van der Waals surface area contributed by atoms with E-state index in [9.17, 15) is 14.9 Å². The van der Waals surface area contributed by atoms with E-state index in [-0.39, 0.29) is 17.2 Å². The summed E-state index contributed by atoms with van der Waals surface area (Å²) in [7, 11) is 0. The molecule has 0 saturated carbocycles. The maximum Gasteiger partial charge on any atom is 0.234 e.